The second kappa shape index (κ2) is 7.21. The summed E-state index contributed by atoms with van der Waals surface area (Å²) >= 11 is 0. The molecule has 0 unspecified atom stereocenters. The summed E-state index contributed by atoms with van der Waals surface area (Å²) in [5, 5.41) is 0. The maximum absolute atomic E-state index is 2.53. The highest BCUT2D eigenvalue weighted by Gasteiger charge is 2.09. The molecule has 0 aromatic rings. The Morgan fingerprint density at radius 1 is 0.714 bits per heavy atom. The van der Waals surface area contributed by atoms with E-state index in [1.165, 1.54) is 13.1 Å². The van der Waals surface area contributed by atoms with Gasteiger partial charge in [-0.05, 0) is 42.0 Å². The van der Waals surface area contributed by atoms with Crippen molar-refractivity contribution in [3.05, 3.63) is 0 Å². The lowest BCUT2D eigenvalue weighted by Gasteiger charge is -2.28. The topological polar surface area (TPSA) is 9.72 Å². The molecule has 0 heterocycles. The quantitative estimate of drug-likeness (QED) is 0.604. The van der Waals surface area contributed by atoms with E-state index in [2.05, 4.69) is 56.7 Å². The summed E-state index contributed by atoms with van der Waals surface area (Å²) in [5.74, 6) is 0. The van der Waals surface area contributed by atoms with Gasteiger partial charge in [-0.15, -0.1) is 0 Å². The highest BCUT2D eigenvalue weighted by Crippen LogP contribution is 1.97. The summed E-state index contributed by atoms with van der Waals surface area (Å²) in [6, 6.07) is 0.648. The lowest BCUT2D eigenvalue weighted by atomic mass is 10.3. The fourth-order valence-electron chi connectivity index (χ4n) is 1.29. The van der Waals surface area contributed by atoms with Crippen LogP contribution in [0.2, 0.25) is 0 Å². The summed E-state index contributed by atoms with van der Waals surface area (Å²) < 4.78 is 0. The molecule has 3 heteroatoms. The summed E-state index contributed by atoms with van der Waals surface area (Å²) in [5.41, 5.74) is 0. The molecule has 0 fully saturated rings. The maximum atomic E-state index is 2.53. The van der Waals surface area contributed by atoms with Crippen LogP contribution in [0.3, 0.4) is 0 Å². The molecule has 0 spiro atoms. The Hall–Kier alpha value is -0.120. The van der Waals surface area contributed by atoms with Gasteiger partial charge in [-0.1, -0.05) is 0 Å². The molecule has 0 N–H and O–H groups in total. The molecule has 0 aliphatic carbocycles. The second-order valence-electron chi connectivity index (χ2n) is 4.74. The Morgan fingerprint density at radius 3 is 1.29 bits per heavy atom. The summed E-state index contributed by atoms with van der Waals surface area (Å²) in [4.78, 5) is 7.01. The third kappa shape index (κ3) is 7.30. The minimum atomic E-state index is 0.648. The molecule has 0 aliphatic heterocycles. The van der Waals surface area contributed by atoms with Gasteiger partial charge < -0.3 is 9.80 Å². The zero-order valence-electron chi connectivity index (χ0n) is 10.7. The molecule has 0 aromatic heterocycles. The van der Waals surface area contributed by atoms with Crippen LogP contribution in [-0.4, -0.2) is 75.1 Å². The van der Waals surface area contributed by atoms with Crippen LogP contribution in [0.5, 0.6) is 0 Å². The van der Waals surface area contributed by atoms with Crippen LogP contribution in [0.1, 0.15) is 13.8 Å². The van der Waals surface area contributed by atoms with E-state index in [0.717, 1.165) is 13.1 Å². The molecule has 0 amide bonds. The first-order valence-electron chi connectivity index (χ1n) is 5.47. The van der Waals surface area contributed by atoms with Crippen LogP contribution in [0, 0.1) is 0 Å². The van der Waals surface area contributed by atoms with Crippen molar-refractivity contribution in [3.63, 3.8) is 0 Å². The zero-order valence-corrected chi connectivity index (χ0v) is 10.7. The van der Waals surface area contributed by atoms with E-state index in [0.29, 0.717) is 6.04 Å². The lowest BCUT2D eigenvalue weighted by molar-refractivity contribution is 0.182. The van der Waals surface area contributed by atoms with Crippen molar-refractivity contribution >= 4 is 0 Å². The third-order valence-electron chi connectivity index (χ3n) is 2.40. The first-order valence-corrected chi connectivity index (χ1v) is 5.47. The SMILES string of the molecule is CC(C)N(CCN(C)C)CCN(C)C. The Morgan fingerprint density at radius 2 is 1.07 bits per heavy atom. The van der Waals surface area contributed by atoms with E-state index in [9.17, 15) is 0 Å². The van der Waals surface area contributed by atoms with Crippen molar-refractivity contribution in [2.24, 2.45) is 0 Å². The van der Waals surface area contributed by atoms with Crippen LogP contribution < -0.4 is 0 Å². The van der Waals surface area contributed by atoms with E-state index in [1.807, 2.05) is 0 Å². The van der Waals surface area contributed by atoms with Gasteiger partial charge >= 0.3 is 0 Å². The van der Waals surface area contributed by atoms with Crippen LogP contribution in [-0.2, 0) is 0 Å². The molecule has 0 radical (unpaired) electrons. The van der Waals surface area contributed by atoms with E-state index < -0.39 is 0 Å². The van der Waals surface area contributed by atoms with Gasteiger partial charge in [-0.25, -0.2) is 0 Å². The Bertz CT molecular complexity index is 120. The van der Waals surface area contributed by atoms with Gasteiger partial charge in [-0.2, -0.15) is 0 Å². The Balaban J connectivity index is 3.78. The molecule has 86 valence electrons. The molecular formula is C11H27N3. The van der Waals surface area contributed by atoms with Gasteiger partial charge in [0.25, 0.3) is 0 Å². The van der Waals surface area contributed by atoms with Gasteiger partial charge in [0.15, 0.2) is 0 Å². The summed E-state index contributed by atoms with van der Waals surface area (Å²) in [6.45, 7) is 9.16. The number of likely N-dealkylation sites (N-methyl/N-ethyl adjacent to an activating group) is 2. The van der Waals surface area contributed by atoms with Crippen molar-refractivity contribution in [3.8, 4) is 0 Å². The van der Waals surface area contributed by atoms with Crippen molar-refractivity contribution in [2.75, 3.05) is 54.4 Å². The third-order valence-corrected chi connectivity index (χ3v) is 2.40. The zero-order chi connectivity index (χ0) is 11.1. The predicted octanol–water partition coefficient (Wildman–Crippen LogP) is 0.820. The predicted molar refractivity (Wildman–Crippen MR) is 63.8 cm³/mol. The van der Waals surface area contributed by atoms with Crippen molar-refractivity contribution in [2.45, 2.75) is 19.9 Å². The minimum absolute atomic E-state index is 0.648. The highest BCUT2D eigenvalue weighted by atomic mass is 15.2. The monoisotopic (exact) mass is 201 g/mol. The highest BCUT2D eigenvalue weighted by molar-refractivity contribution is 4.65. The lowest BCUT2D eigenvalue weighted by Crippen LogP contribution is -2.40. The fraction of sp³-hybridized carbons (Fsp3) is 1.00. The first-order chi connectivity index (χ1) is 6.43. The standard InChI is InChI=1S/C11H27N3/c1-11(2)14(9-7-12(3)4)10-8-13(5)6/h11H,7-10H2,1-6H3. The molecule has 0 bridgehead atoms. The van der Waals surface area contributed by atoms with Gasteiger partial charge in [0, 0.05) is 32.2 Å². The van der Waals surface area contributed by atoms with E-state index in [1.54, 1.807) is 0 Å². The van der Waals surface area contributed by atoms with Gasteiger partial charge in [-0.3, -0.25) is 4.90 Å². The van der Waals surface area contributed by atoms with Gasteiger partial charge in [0.1, 0.15) is 0 Å². The second-order valence-corrected chi connectivity index (χ2v) is 4.74. The first kappa shape index (κ1) is 13.9. The van der Waals surface area contributed by atoms with Crippen LogP contribution >= 0.6 is 0 Å². The normalized spacial score (nSPS) is 12.4. The average Bonchev–Trinajstić information content (AvgIpc) is 2.02. The smallest absolute Gasteiger partial charge is 0.0112 e. The number of rotatable bonds is 7. The van der Waals surface area contributed by atoms with Crippen LogP contribution in [0.4, 0.5) is 0 Å². The summed E-state index contributed by atoms with van der Waals surface area (Å²) in [6.07, 6.45) is 0. The molecule has 0 saturated heterocycles. The Kier molecular flexibility index (Phi) is 7.15. The molecular weight excluding hydrogens is 174 g/mol. The van der Waals surface area contributed by atoms with Gasteiger partial charge in [0.05, 0.1) is 0 Å². The molecule has 0 aromatic carbocycles. The molecule has 3 nitrogen and oxygen atoms in total. The van der Waals surface area contributed by atoms with Crippen LogP contribution in [0.15, 0.2) is 0 Å². The maximum Gasteiger partial charge on any atom is 0.0112 e. The molecule has 0 rings (SSSR count). The number of hydrogen-bond donors (Lipinski definition) is 0. The molecule has 0 aliphatic rings. The van der Waals surface area contributed by atoms with Crippen LogP contribution in [0.25, 0.3) is 0 Å². The van der Waals surface area contributed by atoms with E-state index in [4.69, 9.17) is 0 Å². The molecule has 0 atom stereocenters. The Labute approximate surface area is 89.7 Å². The average molecular weight is 201 g/mol. The largest absolute Gasteiger partial charge is 0.308 e. The molecule has 14 heavy (non-hydrogen) atoms. The van der Waals surface area contributed by atoms with E-state index in [-0.39, 0.29) is 0 Å². The van der Waals surface area contributed by atoms with Crippen molar-refractivity contribution < 1.29 is 0 Å². The van der Waals surface area contributed by atoms with Crippen molar-refractivity contribution in [1.29, 1.82) is 0 Å². The van der Waals surface area contributed by atoms with Crippen molar-refractivity contribution in [1.82, 2.24) is 14.7 Å². The molecule has 0 saturated carbocycles. The fourth-order valence-corrected chi connectivity index (χ4v) is 1.29. The van der Waals surface area contributed by atoms with E-state index >= 15 is 0 Å². The minimum Gasteiger partial charge on any atom is -0.308 e. The van der Waals surface area contributed by atoms with Gasteiger partial charge in [0.2, 0.25) is 0 Å². The summed E-state index contributed by atoms with van der Waals surface area (Å²) in [7, 11) is 8.52. The number of hydrogen-bond acceptors (Lipinski definition) is 3. The number of nitrogens with zero attached hydrogens (tertiary/aromatic N) is 3.